The molecule has 2 N–H and O–H groups in total. The van der Waals surface area contributed by atoms with Crippen molar-refractivity contribution < 1.29 is 8.42 Å². The molecular formula is C15H32N2O2S. The zero-order chi connectivity index (χ0) is 15.0. The van der Waals surface area contributed by atoms with Gasteiger partial charge in [-0.1, -0.05) is 40.0 Å². The minimum atomic E-state index is -3.13. The average Bonchev–Trinajstić information content (AvgIpc) is 2.42. The standard InChI is InChI=1S/C15H32N2O2S/c1-4-15(14-9-6-5-7-10-14)17-20(18,19)12-8-11-16-13(2)3/h13-17H,4-12H2,1-3H3. The van der Waals surface area contributed by atoms with Crippen molar-refractivity contribution in [2.45, 2.75) is 77.8 Å². The van der Waals surface area contributed by atoms with Gasteiger partial charge in [-0.2, -0.15) is 0 Å². The molecule has 0 aromatic heterocycles. The molecule has 1 aliphatic rings. The summed E-state index contributed by atoms with van der Waals surface area (Å²) in [5.74, 6) is 0.771. The molecule has 1 aliphatic carbocycles. The quantitative estimate of drug-likeness (QED) is 0.644. The molecule has 1 fully saturated rings. The lowest BCUT2D eigenvalue weighted by molar-refractivity contribution is 0.285. The number of hydrogen-bond donors (Lipinski definition) is 2. The van der Waals surface area contributed by atoms with Gasteiger partial charge >= 0.3 is 0 Å². The molecule has 4 nitrogen and oxygen atoms in total. The first-order valence-electron chi connectivity index (χ1n) is 8.18. The van der Waals surface area contributed by atoms with Gasteiger partial charge in [0.25, 0.3) is 0 Å². The maximum absolute atomic E-state index is 12.1. The lowest BCUT2D eigenvalue weighted by Gasteiger charge is -2.30. The van der Waals surface area contributed by atoms with Gasteiger partial charge in [0.15, 0.2) is 0 Å². The van der Waals surface area contributed by atoms with E-state index < -0.39 is 10.0 Å². The second-order valence-electron chi connectivity index (χ2n) is 6.31. The molecule has 1 saturated carbocycles. The molecule has 0 aromatic carbocycles. The number of hydrogen-bond acceptors (Lipinski definition) is 3. The van der Waals surface area contributed by atoms with E-state index in [9.17, 15) is 8.42 Å². The van der Waals surface area contributed by atoms with E-state index in [1.807, 2.05) is 0 Å². The summed E-state index contributed by atoms with van der Waals surface area (Å²) in [5, 5.41) is 3.26. The summed E-state index contributed by atoms with van der Waals surface area (Å²) < 4.78 is 27.2. The first-order chi connectivity index (χ1) is 9.44. The third kappa shape index (κ3) is 7.04. The van der Waals surface area contributed by atoms with E-state index in [2.05, 4.69) is 30.8 Å². The fourth-order valence-electron chi connectivity index (χ4n) is 2.99. The van der Waals surface area contributed by atoms with E-state index in [0.29, 0.717) is 18.4 Å². The summed E-state index contributed by atoms with van der Waals surface area (Å²) in [7, 11) is -3.13. The van der Waals surface area contributed by atoms with Crippen LogP contribution in [-0.4, -0.2) is 32.8 Å². The van der Waals surface area contributed by atoms with Gasteiger partial charge in [0.2, 0.25) is 10.0 Å². The summed E-state index contributed by atoms with van der Waals surface area (Å²) >= 11 is 0. The van der Waals surface area contributed by atoms with E-state index in [1.54, 1.807) is 0 Å². The highest BCUT2D eigenvalue weighted by molar-refractivity contribution is 7.89. The highest BCUT2D eigenvalue weighted by Crippen LogP contribution is 2.28. The molecule has 5 heteroatoms. The highest BCUT2D eigenvalue weighted by Gasteiger charge is 2.25. The summed E-state index contributed by atoms with van der Waals surface area (Å²) in [5.41, 5.74) is 0. The maximum Gasteiger partial charge on any atom is 0.211 e. The van der Waals surface area contributed by atoms with Crippen LogP contribution < -0.4 is 10.0 Å². The van der Waals surface area contributed by atoms with Crippen molar-refractivity contribution in [3.8, 4) is 0 Å². The molecule has 0 spiro atoms. The number of sulfonamides is 1. The van der Waals surface area contributed by atoms with Crippen LogP contribution in [0.4, 0.5) is 0 Å². The van der Waals surface area contributed by atoms with Crippen LogP contribution in [0.2, 0.25) is 0 Å². The predicted molar refractivity (Wildman–Crippen MR) is 85.3 cm³/mol. The highest BCUT2D eigenvalue weighted by atomic mass is 32.2. The van der Waals surface area contributed by atoms with Crippen LogP contribution in [0.25, 0.3) is 0 Å². The first-order valence-corrected chi connectivity index (χ1v) is 9.83. The fraction of sp³-hybridized carbons (Fsp3) is 1.00. The Morgan fingerprint density at radius 3 is 2.35 bits per heavy atom. The normalized spacial score (nSPS) is 19.4. The molecule has 1 rings (SSSR count). The van der Waals surface area contributed by atoms with Crippen molar-refractivity contribution >= 4 is 10.0 Å². The Bertz CT molecular complexity index is 349. The summed E-state index contributed by atoms with van der Waals surface area (Å²) in [6, 6.07) is 0.551. The smallest absolute Gasteiger partial charge is 0.211 e. The Balaban J connectivity index is 2.37. The third-order valence-corrected chi connectivity index (χ3v) is 5.62. The Hall–Kier alpha value is -0.130. The molecule has 20 heavy (non-hydrogen) atoms. The van der Waals surface area contributed by atoms with Crippen molar-refractivity contribution in [3.63, 3.8) is 0 Å². The van der Waals surface area contributed by atoms with Crippen molar-refractivity contribution in [2.75, 3.05) is 12.3 Å². The minimum Gasteiger partial charge on any atom is -0.314 e. The second-order valence-corrected chi connectivity index (χ2v) is 8.19. The van der Waals surface area contributed by atoms with Gasteiger partial charge in [0.1, 0.15) is 0 Å². The molecule has 0 radical (unpaired) electrons. The fourth-order valence-corrected chi connectivity index (χ4v) is 4.45. The van der Waals surface area contributed by atoms with E-state index in [1.165, 1.54) is 32.1 Å². The molecule has 1 atom stereocenters. The molecule has 0 aromatic rings. The summed E-state index contributed by atoms with van der Waals surface area (Å²) in [6.07, 6.45) is 7.73. The van der Waals surface area contributed by atoms with Gasteiger partial charge in [-0.15, -0.1) is 0 Å². The van der Waals surface area contributed by atoms with Crippen molar-refractivity contribution in [2.24, 2.45) is 5.92 Å². The zero-order valence-corrected chi connectivity index (χ0v) is 14.1. The molecule has 0 aliphatic heterocycles. The van der Waals surface area contributed by atoms with E-state index in [4.69, 9.17) is 0 Å². The Labute approximate surface area is 125 Å². The van der Waals surface area contributed by atoms with Crippen LogP contribution >= 0.6 is 0 Å². The average molecular weight is 305 g/mol. The minimum absolute atomic E-state index is 0.137. The molecule has 1 unspecified atom stereocenters. The largest absolute Gasteiger partial charge is 0.314 e. The van der Waals surface area contributed by atoms with Crippen LogP contribution in [0.1, 0.15) is 65.7 Å². The predicted octanol–water partition coefficient (Wildman–Crippen LogP) is 2.65. The van der Waals surface area contributed by atoms with E-state index in [-0.39, 0.29) is 11.8 Å². The van der Waals surface area contributed by atoms with E-state index >= 15 is 0 Å². The maximum atomic E-state index is 12.1. The van der Waals surface area contributed by atoms with E-state index in [0.717, 1.165) is 13.0 Å². The second kappa shape index (κ2) is 9.00. The number of rotatable bonds is 9. The van der Waals surface area contributed by atoms with Crippen molar-refractivity contribution in [3.05, 3.63) is 0 Å². The summed E-state index contributed by atoms with van der Waals surface area (Å²) in [6.45, 7) is 6.99. The monoisotopic (exact) mass is 304 g/mol. The molecule has 120 valence electrons. The molecule has 0 saturated heterocycles. The first kappa shape index (κ1) is 17.9. The van der Waals surface area contributed by atoms with Gasteiger partial charge in [-0.3, -0.25) is 0 Å². The van der Waals surface area contributed by atoms with Crippen LogP contribution in [0, 0.1) is 5.92 Å². The van der Waals surface area contributed by atoms with Gasteiger partial charge in [-0.25, -0.2) is 13.1 Å². The zero-order valence-electron chi connectivity index (χ0n) is 13.3. The Morgan fingerprint density at radius 1 is 1.15 bits per heavy atom. The Kier molecular flexibility index (Phi) is 8.07. The number of nitrogens with one attached hydrogen (secondary N) is 2. The molecule has 0 heterocycles. The van der Waals surface area contributed by atoms with Crippen molar-refractivity contribution in [1.82, 2.24) is 10.0 Å². The molecule has 0 bridgehead atoms. The third-order valence-electron chi connectivity index (χ3n) is 4.13. The SMILES string of the molecule is CCC(NS(=O)(=O)CCCNC(C)C)C1CCCCC1. The van der Waals surface area contributed by atoms with Crippen LogP contribution in [0.5, 0.6) is 0 Å². The van der Waals surface area contributed by atoms with Gasteiger partial charge in [0.05, 0.1) is 5.75 Å². The lowest BCUT2D eigenvalue weighted by Crippen LogP contribution is -2.42. The molecule has 0 amide bonds. The van der Waals surface area contributed by atoms with Gasteiger partial charge in [0, 0.05) is 12.1 Å². The van der Waals surface area contributed by atoms with Crippen LogP contribution in [-0.2, 0) is 10.0 Å². The topological polar surface area (TPSA) is 58.2 Å². The van der Waals surface area contributed by atoms with Crippen LogP contribution in [0.15, 0.2) is 0 Å². The van der Waals surface area contributed by atoms with Gasteiger partial charge in [-0.05, 0) is 38.1 Å². The summed E-state index contributed by atoms with van der Waals surface area (Å²) in [4.78, 5) is 0. The lowest BCUT2D eigenvalue weighted by atomic mass is 9.83. The van der Waals surface area contributed by atoms with Crippen LogP contribution in [0.3, 0.4) is 0 Å². The molecular weight excluding hydrogens is 272 g/mol. The Morgan fingerprint density at radius 2 is 1.80 bits per heavy atom. The van der Waals surface area contributed by atoms with Gasteiger partial charge < -0.3 is 5.32 Å². The van der Waals surface area contributed by atoms with Crippen molar-refractivity contribution in [1.29, 1.82) is 0 Å².